The summed E-state index contributed by atoms with van der Waals surface area (Å²) in [5, 5.41) is 17.5. The Hall–Kier alpha value is -0.560. The highest BCUT2D eigenvalue weighted by Crippen LogP contribution is 2.32. The second-order valence-electron chi connectivity index (χ2n) is 4.53. The standard InChI is InChI=1S/C13H25N3S/c1-5-8-12(3)15-16-13(4,9-6-2)17-11-7-10-14/h12H,5-9,11H2,1-4H3. The average molecular weight is 255 g/mol. The Morgan fingerprint density at radius 2 is 2.06 bits per heavy atom. The first-order valence-electron chi connectivity index (χ1n) is 6.51. The van der Waals surface area contributed by atoms with Crippen LogP contribution in [0.25, 0.3) is 0 Å². The van der Waals surface area contributed by atoms with Crippen molar-refractivity contribution >= 4 is 11.8 Å². The van der Waals surface area contributed by atoms with Gasteiger partial charge in [0.25, 0.3) is 0 Å². The summed E-state index contributed by atoms with van der Waals surface area (Å²) >= 11 is 1.75. The van der Waals surface area contributed by atoms with E-state index in [9.17, 15) is 0 Å². The van der Waals surface area contributed by atoms with Crippen molar-refractivity contribution in [1.29, 1.82) is 5.26 Å². The molecule has 0 aliphatic heterocycles. The van der Waals surface area contributed by atoms with Gasteiger partial charge < -0.3 is 0 Å². The van der Waals surface area contributed by atoms with Crippen LogP contribution in [-0.4, -0.2) is 16.7 Å². The van der Waals surface area contributed by atoms with Gasteiger partial charge in [-0.2, -0.15) is 15.5 Å². The lowest BCUT2D eigenvalue weighted by atomic mass is 10.2. The van der Waals surface area contributed by atoms with E-state index < -0.39 is 0 Å². The molecule has 0 bridgehead atoms. The van der Waals surface area contributed by atoms with Gasteiger partial charge in [-0.1, -0.05) is 26.7 Å². The molecule has 0 spiro atoms. The molecule has 2 unspecified atom stereocenters. The van der Waals surface area contributed by atoms with Crippen molar-refractivity contribution in [2.75, 3.05) is 5.75 Å². The summed E-state index contributed by atoms with van der Waals surface area (Å²) in [7, 11) is 0. The van der Waals surface area contributed by atoms with Crippen molar-refractivity contribution in [2.45, 2.75) is 70.7 Å². The normalized spacial score (nSPS) is 16.6. The van der Waals surface area contributed by atoms with Gasteiger partial charge in [-0.15, -0.1) is 11.8 Å². The molecule has 0 amide bonds. The van der Waals surface area contributed by atoms with Gasteiger partial charge in [0, 0.05) is 12.2 Å². The largest absolute Gasteiger partial charge is 0.198 e. The Bertz CT molecular complexity index is 260. The SMILES string of the molecule is CCCC(C)N=NC(C)(CCC)SCCC#N. The summed E-state index contributed by atoms with van der Waals surface area (Å²) in [6.07, 6.45) is 4.94. The summed E-state index contributed by atoms with van der Waals surface area (Å²) in [5.41, 5.74) is 0. The Morgan fingerprint density at radius 1 is 1.35 bits per heavy atom. The Kier molecular flexibility index (Phi) is 9.16. The number of nitriles is 1. The predicted molar refractivity (Wildman–Crippen MR) is 75.2 cm³/mol. The van der Waals surface area contributed by atoms with Gasteiger partial charge in [0.1, 0.15) is 4.87 Å². The maximum absolute atomic E-state index is 8.56. The molecule has 0 aromatic carbocycles. The van der Waals surface area contributed by atoms with E-state index in [0.29, 0.717) is 12.5 Å². The molecule has 0 aromatic rings. The van der Waals surface area contributed by atoms with Crippen LogP contribution in [0, 0.1) is 11.3 Å². The first kappa shape index (κ1) is 16.4. The summed E-state index contributed by atoms with van der Waals surface area (Å²) in [6.45, 7) is 8.56. The maximum atomic E-state index is 8.56. The molecular weight excluding hydrogens is 230 g/mol. The van der Waals surface area contributed by atoms with Crippen LogP contribution in [-0.2, 0) is 0 Å². The van der Waals surface area contributed by atoms with Gasteiger partial charge in [0.2, 0.25) is 0 Å². The summed E-state index contributed by atoms with van der Waals surface area (Å²) in [5.74, 6) is 0.841. The molecule has 2 atom stereocenters. The molecule has 0 saturated heterocycles. The Morgan fingerprint density at radius 3 is 2.59 bits per heavy atom. The van der Waals surface area contributed by atoms with E-state index in [1.54, 1.807) is 11.8 Å². The van der Waals surface area contributed by atoms with Crippen LogP contribution in [0.1, 0.15) is 59.8 Å². The van der Waals surface area contributed by atoms with Crippen molar-refractivity contribution in [3.63, 3.8) is 0 Å². The molecule has 0 heterocycles. The quantitative estimate of drug-likeness (QED) is 0.439. The van der Waals surface area contributed by atoms with Crippen molar-refractivity contribution < 1.29 is 0 Å². The Balaban J connectivity index is 4.33. The zero-order valence-electron chi connectivity index (χ0n) is 11.6. The monoisotopic (exact) mass is 255 g/mol. The lowest BCUT2D eigenvalue weighted by Crippen LogP contribution is -2.17. The molecule has 0 aromatic heterocycles. The first-order valence-corrected chi connectivity index (χ1v) is 7.49. The highest BCUT2D eigenvalue weighted by atomic mass is 32.2. The molecular formula is C13H25N3S. The average Bonchev–Trinajstić information content (AvgIpc) is 2.28. The summed E-state index contributed by atoms with van der Waals surface area (Å²) in [4.78, 5) is -0.145. The number of rotatable bonds is 9. The van der Waals surface area contributed by atoms with Crippen molar-refractivity contribution in [3.05, 3.63) is 0 Å². The van der Waals surface area contributed by atoms with Crippen molar-refractivity contribution in [2.24, 2.45) is 10.2 Å². The molecule has 0 saturated carbocycles. The van der Waals surface area contributed by atoms with Gasteiger partial charge in [0.15, 0.2) is 0 Å². The Labute approximate surface area is 110 Å². The van der Waals surface area contributed by atoms with E-state index >= 15 is 0 Å². The molecule has 3 nitrogen and oxygen atoms in total. The summed E-state index contributed by atoms with van der Waals surface area (Å²) < 4.78 is 0. The van der Waals surface area contributed by atoms with Crippen LogP contribution in [0.15, 0.2) is 10.2 Å². The number of hydrogen-bond acceptors (Lipinski definition) is 4. The van der Waals surface area contributed by atoms with E-state index in [0.717, 1.165) is 31.4 Å². The van der Waals surface area contributed by atoms with Gasteiger partial charge in [-0.05, 0) is 26.7 Å². The number of hydrogen-bond donors (Lipinski definition) is 0. The van der Waals surface area contributed by atoms with Gasteiger partial charge in [0.05, 0.1) is 12.1 Å². The molecule has 17 heavy (non-hydrogen) atoms. The van der Waals surface area contributed by atoms with Crippen LogP contribution in [0.2, 0.25) is 0 Å². The van der Waals surface area contributed by atoms with Crippen LogP contribution < -0.4 is 0 Å². The minimum Gasteiger partial charge on any atom is -0.198 e. The van der Waals surface area contributed by atoms with Crippen LogP contribution in [0.5, 0.6) is 0 Å². The molecule has 0 fully saturated rings. The number of nitrogens with zero attached hydrogens (tertiary/aromatic N) is 3. The minimum absolute atomic E-state index is 0.145. The molecule has 0 radical (unpaired) electrons. The highest BCUT2D eigenvalue weighted by molar-refractivity contribution is 8.00. The zero-order valence-corrected chi connectivity index (χ0v) is 12.4. The van der Waals surface area contributed by atoms with E-state index in [-0.39, 0.29) is 4.87 Å². The van der Waals surface area contributed by atoms with E-state index in [4.69, 9.17) is 5.26 Å². The third-order valence-electron chi connectivity index (χ3n) is 2.51. The predicted octanol–water partition coefficient (Wildman–Crippen LogP) is 4.79. The van der Waals surface area contributed by atoms with Gasteiger partial charge in [-0.25, -0.2) is 0 Å². The lowest BCUT2D eigenvalue weighted by molar-refractivity contribution is 0.527. The number of thioether (sulfide) groups is 1. The second kappa shape index (κ2) is 9.47. The molecule has 0 rings (SSSR count). The fourth-order valence-electron chi connectivity index (χ4n) is 1.63. The van der Waals surface area contributed by atoms with E-state index in [1.165, 1.54) is 0 Å². The van der Waals surface area contributed by atoms with Crippen LogP contribution >= 0.6 is 11.8 Å². The molecule has 0 N–H and O–H groups in total. The van der Waals surface area contributed by atoms with Crippen LogP contribution in [0.4, 0.5) is 0 Å². The maximum Gasteiger partial charge on any atom is 0.124 e. The second-order valence-corrected chi connectivity index (χ2v) is 6.11. The minimum atomic E-state index is -0.145. The topological polar surface area (TPSA) is 48.5 Å². The van der Waals surface area contributed by atoms with E-state index in [2.05, 4.69) is 44.0 Å². The first-order chi connectivity index (χ1) is 8.08. The lowest BCUT2D eigenvalue weighted by Gasteiger charge is -2.22. The third-order valence-corrected chi connectivity index (χ3v) is 3.83. The highest BCUT2D eigenvalue weighted by Gasteiger charge is 2.23. The summed E-state index contributed by atoms with van der Waals surface area (Å²) in [6, 6.07) is 2.49. The van der Waals surface area contributed by atoms with Crippen molar-refractivity contribution in [1.82, 2.24) is 0 Å². The van der Waals surface area contributed by atoms with Gasteiger partial charge >= 0.3 is 0 Å². The molecule has 0 aliphatic rings. The molecule has 4 heteroatoms. The molecule has 98 valence electrons. The fourth-order valence-corrected chi connectivity index (χ4v) is 2.71. The third kappa shape index (κ3) is 8.20. The van der Waals surface area contributed by atoms with E-state index in [1.807, 2.05) is 0 Å². The van der Waals surface area contributed by atoms with Crippen LogP contribution in [0.3, 0.4) is 0 Å². The smallest absolute Gasteiger partial charge is 0.124 e. The number of azo groups is 1. The van der Waals surface area contributed by atoms with Gasteiger partial charge in [-0.3, -0.25) is 0 Å². The fraction of sp³-hybridized carbons (Fsp3) is 0.923. The zero-order chi connectivity index (χ0) is 13.1. The van der Waals surface area contributed by atoms with Crippen molar-refractivity contribution in [3.8, 4) is 6.07 Å². The molecule has 0 aliphatic carbocycles.